The molecule has 11 aromatic carbocycles. The van der Waals surface area contributed by atoms with Crippen LogP contribution < -0.4 is 9.80 Å². The van der Waals surface area contributed by atoms with Gasteiger partial charge in [-0.15, -0.1) is 0 Å². The Morgan fingerprint density at radius 3 is 0.534 bits per heavy atom. The first-order valence-corrected chi connectivity index (χ1v) is 25.2. The number of halogens is 1. The van der Waals surface area contributed by atoms with Gasteiger partial charge in [-0.3, -0.25) is 0 Å². The van der Waals surface area contributed by atoms with Gasteiger partial charge in [-0.1, -0.05) is 297 Å². The van der Waals surface area contributed by atoms with Crippen LogP contribution in [0, 0.1) is 5.82 Å². The van der Waals surface area contributed by atoms with Gasteiger partial charge in [0.25, 0.3) is 0 Å². The molecular weight excluding hydrogens is 888 g/mol. The molecular formula is C70H51FN2. The van der Waals surface area contributed by atoms with E-state index in [2.05, 4.69) is 307 Å². The number of anilines is 2. The second-order valence-corrected chi connectivity index (χ2v) is 19.1. The standard InChI is InChI=1S/C70H51FN2/c71-66-64(72-67(52-30-9-1-10-31-52,53-32-11-2-12-33-53)60-46-25-26-47-61(60)68(72,54-34-13-3-14-35-54)55-36-15-4-16-37-55)50-29-51-65(66)73-69(56-38-17-5-18-39-56,57-40-19-6-20-41-57)62-48-27-28-49-63(62)70(73,58-42-21-7-22-43-58)59-44-23-8-24-45-59/h1-51H. The van der Waals surface area contributed by atoms with Gasteiger partial charge in [0, 0.05) is 0 Å². The molecule has 2 aliphatic rings. The molecule has 2 nitrogen and oxygen atoms in total. The topological polar surface area (TPSA) is 6.48 Å². The molecule has 2 heterocycles. The number of fused-ring (bicyclic) bond motifs is 2. The number of nitrogens with zero attached hydrogens (tertiary/aromatic N) is 2. The van der Waals surface area contributed by atoms with E-state index in [9.17, 15) is 0 Å². The predicted octanol–water partition coefficient (Wildman–Crippen LogP) is 16.0. The third-order valence-electron chi connectivity index (χ3n) is 15.7. The highest BCUT2D eigenvalue weighted by Crippen LogP contribution is 2.66. The van der Waals surface area contributed by atoms with E-state index in [-0.39, 0.29) is 5.82 Å². The van der Waals surface area contributed by atoms with Gasteiger partial charge in [0.05, 0.1) is 11.4 Å². The fraction of sp³-hybridized carbons (Fsp3) is 0.0571. The van der Waals surface area contributed by atoms with Crippen LogP contribution >= 0.6 is 0 Å². The van der Waals surface area contributed by atoms with Crippen molar-refractivity contribution >= 4 is 11.4 Å². The monoisotopic (exact) mass is 938 g/mol. The second kappa shape index (κ2) is 17.7. The Morgan fingerprint density at radius 1 is 0.192 bits per heavy atom. The summed E-state index contributed by atoms with van der Waals surface area (Å²) in [7, 11) is 0. The second-order valence-electron chi connectivity index (χ2n) is 19.1. The van der Waals surface area contributed by atoms with Crippen LogP contribution in [0.25, 0.3) is 0 Å². The summed E-state index contributed by atoms with van der Waals surface area (Å²) >= 11 is 0. The molecule has 0 spiro atoms. The first-order valence-electron chi connectivity index (χ1n) is 25.2. The molecule has 0 N–H and O–H groups in total. The fourth-order valence-corrected chi connectivity index (χ4v) is 13.2. The molecule has 0 unspecified atom stereocenters. The van der Waals surface area contributed by atoms with Gasteiger partial charge < -0.3 is 9.80 Å². The SMILES string of the molecule is Fc1c(N2C(c3ccccc3)(c3ccccc3)c3ccccc3C2(c2ccccc2)c2ccccc2)cccc1N1C(c2ccccc2)(c2ccccc2)c2ccccc2C1(c1ccccc1)c1ccccc1. The number of rotatable bonds is 10. The van der Waals surface area contributed by atoms with Crippen LogP contribution in [0.3, 0.4) is 0 Å². The first kappa shape index (κ1) is 43.9. The summed E-state index contributed by atoms with van der Waals surface area (Å²) in [4.78, 5) is 4.89. The summed E-state index contributed by atoms with van der Waals surface area (Å²) < 4.78 is 20.8. The van der Waals surface area contributed by atoms with Gasteiger partial charge in [0.15, 0.2) is 5.82 Å². The van der Waals surface area contributed by atoms with Gasteiger partial charge in [-0.2, -0.15) is 0 Å². The lowest BCUT2D eigenvalue weighted by Crippen LogP contribution is -2.56. The van der Waals surface area contributed by atoms with Crippen molar-refractivity contribution in [1.29, 1.82) is 0 Å². The third kappa shape index (κ3) is 6.15. The Balaban J connectivity index is 1.24. The van der Waals surface area contributed by atoms with Crippen molar-refractivity contribution in [1.82, 2.24) is 0 Å². The van der Waals surface area contributed by atoms with Crippen LogP contribution in [-0.4, -0.2) is 0 Å². The van der Waals surface area contributed by atoms with Crippen molar-refractivity contribution < 1.29 is 4.39 Å². The summed E-state index contributed by atoms with van der Waals surface area (Å²) in [5, 5.41) is 0. The number of benzene rings is 11. The maximum atomic E-state index is 20.8. The van der Waals surface area contributed by atoms with E-state index in [0.29, 0.717) is 11.4 Å². The molecule has 0 amide bonds. The minimum absolute atomic E-state index is 0.344. The summed E-state index contributed by atoms with van der Waals surface area (Å²) in [5.41, 5.74) is 9.04. The van der Waals surface area contributed by atoms with E-state index in [1.54, 1.807) is 0 Å². The molecule has 13 rings (SSSR count). The fourth-order valence-electron chi connectivity index (χ4n) is 13.2. The van der Waals surface area contributed by atoms with Crippen LogP contribution in [-0.2, 0) is 22.2 Å². The Morgan fingerprint density at radius 2 is 0.356 bits per heavy atom. The minimum Gasteiger partial charge on any atom is -0.333 e. The molecule has 0 aliphatic carbocycles. The lowest BCUT2D eigenvalue weighted by atomic mass is 9.76. The Bertz CT molecular complexity index is 3060. The third-order valence-corrected chi connectivity index (χ3v) is 15.7. The van der Waals surface area contributed by atoms with Gasteiger partial charge in [0.1, 0.15) is 22.2 Å². The molecule has 73 heavy (non-hydrogen) atoms. The number of hydrogen-bond donors (Lipinski definition) is 0. The molecule has 3 heteroatoms. The molecule has 0 bridgehead atoms. The molecule has 11 aromatic rings. The first-order chi connectivity index (χ1) is 36.2. The highest BCUT2D eigenvalue weighted by molar-refractivity contribution is 5.84. The van der Waals surface area contributed by atoms with Gasteiger partial charge in [-0.05, 0) is 78.9 Å². The summed E-state index contributed by atoms with van der Waals surface area (Å²) in [6, 6.07) is 110. The average molecular weight is 939 g/mol. The van der Waals surface area contributed by atoms with Crippen molar-refractivity contribution in [3.63, 3.8) is 0 Å². The van der Waals surface area contributed by atoms with Gasteiger partial charge >= 0.3 is 0 Å². The van der Waals surface area contributed by atoms with Crippen LogP contribution in [0.5, 0.6) is 0 Å². The van der Waals surface area contributed by atoms with E-state index in [4.69, 9.17) is 0 Å². The highest BCUT2D eigenvalue weighted by Gasteiger charge is 2.65. The van der Waals surface area contributed by atoms with Crippen LogP contribution in [0.15, 0.2) is 309 Å². The maximum Gasteiger partial charge on any atom is 0.169 e. The molecule has 0 radical (unpaired) electrons. The quantitative estimate of drug-likeness (QED) is 0.135. The molecule has 348 valence electrons. The zero-order valence-corrected chi connectivity index (χ0v) is 40.2. The predicted molar refractivity (Wildman–Crippen MR) is 295 cm³/mol. The Kier molecular flexibility index (Phi) is 10.6. The normalized spacial score (nSPS) is 15.6. The zero-order chi connectivity index (χ0) is 48.9. The van der Waals surface area contributed by atoms with Crippen molar-refractivity contribution in [2.24, 2.45) is 0 Å². The van der Waals surface area contributed by atoms with E-state index in [1.165, 1.54) is 0 Å². The Hall–Kier alpha value is -9.05. The average Bonchev–Trinajstić information content (AvgIpc) is 3.92. The zero-order valence-electron chi connectivity index (χ0n) is 40.2. The van der Waals surface area contributed by atoms with E-state index in [1.807, 2.05) is 12.1 Å². The Labute approximate surface area is 427 Å². The summed E-state index contributed by atoms with van der Waals surface area (Å²) in [6.45, 7) is 0. The molecule has 0 atom stereocenters. The van der Waals surface area contributed by atoms with Crippen molar-refractivity contribution in [2.45, 2.75) is 22.2 Å². The molecule has 0 aromatic heterocycles. The van der Waals surface area contributed by atoms with Crippen LogP contribution in [0.2, 0.25) is 0 Å². The number of hydrogen-bond acceptors (Lipinski definition) is 2. The van der Waals surface area contributed by atoms with Crippen molar-refractivity contribution in [2.75, 3.05) is 9.80 Å². The van der Waals surface area contributed by atoms with Crippen LogP contribution in [0.4, 0.5) is 15.8 Å². The van der Waals surface area contributed by atoms with Crippen molar-refractivity contribution in [3.8, 4) is 0 Å². The highest BCUT2D eigenvalue weighted by atomic mass is 19.1. The minimum atomic E-state index is -1.08. The van der Waals surface area contributed by atoms with Gasteiger partial charge in [0.2, 0.25) is 0 Å². The van der Waals surface area contributed by atoms with E-state index < -0.39 is 22.2 Å². The summed E-state index contributed by atoms with van der Waals surface area (Å²) in [5.74, 6) is -0.344. The largest absolute Gasteiger partial charge is 0.333 e. The van der Waals surface area contributed by atoms with Crippen molar-refractivity contribution in [3.05, 3.63) is 382 Å². The maximum absolute atomic E-state index is 20.8. The molecule has 0 saturated carbocycles. The molecule has 2 aliphatic heterocycles. The lowest BCUT2D eigenvalue weighted by Gasteiger charge is -2.52. The smallest absolute Gasteiger partial charge is 0.169 e. The van der Waals surface area contributed by atoms with E-state index in [0.717, 1.165) is 66.8 Å². The molecule has 0 fully saturated rings. The molecule has 0 saturated heterocycles. The lowest BCUT2D eigenvalue weighted by molar-refractivity contribution is 0.465. The van der Waals surface area contributed by atoms with Gasteiger partial charge in [-0.25, -0.2) is 4.39 Å². The summed E-state index contributed by atoms with van der Waals surface area (Å²) in [6.07, 6.45) is 0. The van der Waals surface area contributed by atoms with Crippen LogP contribution in [0.1, 0.15) is 66.8 Å². The van der Waals surface area contributed by atoms with E-state index >= 15 is 4.39 Å².